The summed E-state index contributed by atoms with van der Waals surface area (Å²) in [4.78, 5) is 18.9. The number of anilines is 2. The van der Waals surface area contributed by atoms with Gasteiger partial charge in [0.15, 0.2) is 6.73 Å². The molecular weight excluding hydrogens is 533 g/mol. The molecule has 0 saturated carbocycles. The van der Waals surface area contributed by atoms with E-state index < -0.39 is 0 Å². The van der Waals surface area contributed by atoms with Crippen molar-refractivity contribution < 1.29 is 14.3 Å². The van der Waals surface area contributed by atoms with E-state index in [-0.39, 0.29) is 12.7 Å². The van der Waals surface area contributed by atoms with Gasteiger partial charge < -0.3 is 19.3 Å². The first-order valence-corrected chi connectivity index (χ1v) is 15.2. The van der Waals surface area contributed by atoms with Gasteiger partial charge in [0, 0.05) is 51.4 Å². The Morgan fingerprint density at radius 1 is 0.974 bits per heavy atom. The molecule has 0 bridgehead atoms. The highest BCUT2D eigenvalue weighted by Crippen LogP contribution is 2.33. The monoisotopic (exact) mass is 577 g/mol. The number of carbonyl (C=O) groups excluding carboxylic acids is 1. The largest absolute Gasteiger partial charge is 0.494 e. The second-order valence-corrected chi connectivity index (χ2v) is 11.2. The first-order chi connectivity index (χ1) is 18.9. The molecule has 1 fully saturated rings. The van der Waals surface area contributed by atoms with Gasteiger partial charge in [0.1, 0.15) is 5.75 Å². The molecule has 1 saturated heterocycles. The smallest absolute Gasteiger partial charge is 0.307 e. The number of rotatable bonds is 16. The molecule has 6 nitrogen and oxygen atoms in total. The van der Waals surface area contributed by atoms with Crippen LogP contribution in [0.15, 0.2) is 36.4 Å². The summed E-state index contributed by atoms with van der Waals surface area (Å²) in [6.45, 7) is 10.2. The average molecular weight is 579 g/mol. The zero-order valence-electron chi connectivity index (χ0n) is 23.9. The van der Waals surface area contributed by atoms with Gasteiger partial charge in [-0.1, -0.05) is 67.9 Å². The third-order valence-electron chi connectivity index (χ3n) is 7.28. The maximum Gasteiger partial charge on any atom is 0.307 e. The number of halogens is 2. The Hall–Kier alpha value is -2.15. The summed E-state index contributed by atoms with van der Waals surface area (Å²) < 4.78 is 11.6. The molecule has 0 amide bonds. The molecule has 2 aromatic carbocycles. The molecular formula is C31H45Cl2N3O3. The van der Waals surface area contributed by atoms with Gasteiger partial charge >= 0.3 is 5.97 Å². The molecule has 1 aliphatic heterocycles. The van der Waals surface area contributed by atoms with Gasteiger partial charge in [0.05, 0.1) is 22.3 Å². The van der Waals surface area contributed by atoms with Crippen molar-refractivity contribution >= 4 is 40.5 Å². The van der Waals surface area contributed by atoms with E-state index in [1.165, 1.54) is 19.3 Å². The lowest BCUT2D eigenvalue weighted by molar-refractivity contribution is -0.143. The fourth-order valence-corrected chi connectivity index (χ4v) is 5.27. The molecule has 0 aliphatic carbocycles. The first kappa shape index (κ1) is 31.4. The van der Waals surface area contributed by atoms with Crippen LogP contribution in [0.25, 0.3) is 0 Å². The number of aryl methyl sites for hydroxylation is 1. The Balaban J connectivity index is 1.32. The highest BCUT2D eigenvalue weighted by molar-refractivity contribution is 6.43. The van der Waals surface area contributed by atoms with Gasteiger partial charge in [-0.2, -0.15) is 0 Å². The van der Waals surface area contributed by atoms with Crippen LogP contribution >= 0.6 is 23.2 Å². The van der Waals surface area contributed by atoms with E-state index in [4.69, 9.17) is 32.7 Å². The number of piperazine rings is 1. The molecule has 0 unspecified atom stereocenters. The number of hydrogen-bond donors (Lipinski definition) is 0. The number of nitrogens with zero attached hydrogens (tertiary/aromatic N) is 3. The molecule has 39 heavy (non-hydrogen) atoms. The van der Waals surface area contributed by atoms with E-state index in [1.54, 1.807) is 0 Å². The Morgan fingerprint density at radius 2 is 1.74 bits per heavy atom. The summed E-state index contributed by atoms with van der Waals surface area (Å²) in [6, 6.07) is 11.9. The maximum absolute atomic E-state index is 12.1. The van der Waals surface area contributed by atoms with Gasteiger partial charge in [-0.05, 0) is 56.5 Å². The van der Waals surface area contributed by atoms with Gasteiger partial charge in [-0.25, -0.2) is 0 Å². The molecule has 0 N–H and O–H groups in total. The van der Waals surface area contributed by atoms with E-state index >= 15 is 0 Å². The van der Waals surface area contributed by atoms with Crippen LogP contribution in [0.2, 0.25) is 10.0 Å². The molecule has 1 aliphatic rings. The predicted octanol–water partition coefficient (Wildman–Crippen LogP) is 7.58. The fourth-order valence-electron chi connectivity index (χ4n) is 4.85. The molecule has 216 valence electrons. The minimum atomic E-state index is -0.127. The number of unbranched alkanes of at least 4 members (excludes halogenated alkanes) is 5. The molecule has 1 heterocycles. The van der Waals surface area contributed by atoms with E-state index in [0.29, 0.717) is 23.1 Å². The van der Waals surface area contributed by atoms with Gasteiger partial charge in [-0.3, -0.25) is 9.69 Å². The van der Waals surface area contributed by atoms with Crippen LogP contribution in [0, 0.1) is 6.92 Å². The Kier molecular flexibility index (Phi) is 13.5. The predicted molar refractivity (Wildman–Crippen MR) is 164 cm³/mol. The maximum atomic E-state index is 12.1. The van der Waals surface area contributed by atoms with E-state index in [1.807, 2.05) is 42.3 Å². The van der Waals surface area contributed by atoms with Crippen molar-refractivity contribution in [3.8, 4) is 5.75 Å². The van der Waals surface area contributed by atoms with Crippen molar-refractivity contribution in [2.24, 2.45) is 0 Å². The van der Waals surface area contributed by atoms with Crippen LogP contribution in [0.5, 0.6) is 5.75 Å². The number of carbonyl (C=O) groups is 1. The number of hydrogen-bond acceptors (Lipinski definition) is 6. The van der Waals surface area contributed by atoms with Crippen molar-refractivity contribution in [3.05, 3.63) is 52.0 Å². The molecule has 0 atom stereocenters. The van der Waals surface area contributed by atoms with Crippen molar-refractivity contribution in [3.63, 3.8) is 0 Å². The lowest BCUT2D eigenvalue weighted by Gasteiger charge is -2.36. The lowest BCUT2D eigenvalue weighted by atomic mass is 10.1. The van der Waals surface area contributed by atoms with Crippen molar-refractivity contribution in [1.82, 2.24) is 4.90 Å². The standard InChI is InChI=1S/C31H45Cl2N3O3/c1-4-5-6-7-8-14-30(37)39-24-34(3)29-23-26(16-15-25(29)2)38-22-10-9-17-35-18-20-36(21-19-35)28-13-11-12-27(32)31(28)33/h11-13,15-16,23H,4-10,14,17-22,24H2,1-3H3. The van der Waals surface area contributed by atoms with E-state index in [0.717, 1.165) is 81.1 Å². The normalized spacial score (nSPS) is 13.9. The molecule has 0 aromatic heterocycles. The van der Waals surface area contributed by atoms with Crippen molar-refractivity contribution in [1.29, 1.82) is 0 Å². The fraction of sp³-hybridized carbons (Fsp3) is 0.581. The summed E-state index contributed by atoms with van der Waals surface area (Å²) in [6.07, 6.45) is 8.19. The summed E-state index contributed by atoms with van der Waals surface area (Å²) in [5.74, 6) is 0.717. The minimum absolute atomic E-state index is 0.127. The van der Waals surface area contributed by atoms with Gasteiger partial charge in [-0.15, -0.1) is 0 Å². The zero-order chi connectivity index (χ0) is 28.0. The number of benzene rings is 2. The third kappa shape index (κ3) is 10.4. The summed E-state index contributed by atoms with van der Waals surface area (Å²) >= 11 is 12.6. The zero-order valence-corrected chi connectivity index (χ0v) is 25.4. The molecule has 8 heteroatoms. The van der Waals surface area contributed by atoms with Crippen LogP contribution in [0.1, 0.15) is 63.9 Å². The Labute approximate surface area is 245 Å². The lowest BCUT2D eigenvalue weighted by Crippen LogP contribution is -2.46. The number of esters is 1. The summed E-state index contributed by atoms with van der Waals surface area (Å²) in [5, 5.41) is 1.25. The Bertz CT molecular complexity index is 1030. The molecule has 0 spiro atoms. The first-order valence-electron chi connectivity index (χ1n) is 14.4. The van der Waals surface area contributed by atoms with Crippen LogP contribution in [0.3, 0.4) is 0 Å². The highest BCUT2D eigenvalue weighted by atomic mass is 35.5. The minimum Gasteiger partial charge on any atom is -0.494 e. The Morgan fingerprint density at radius 3 is 2.51 bits per heavy atom. The number of ether oxygens (including phenoxy) is 2. The second kappa shape index (κ2) is 16.8. The average Bonchev–Trinajstić information content (AvgIpc) is 2.94. The van der Waals surface area contributed by atoms with Gasteiger partial charge in [0.25, 0.3) is 0 Å². The highest BCUT2D eigenvalue weighted by Gasteiger charge is 2.19. The van der Waals surface area contributed by atoms with Crippen molar-refractivity contribution in [2.75, 3.05) is 62.9 Å². The SMILES string of the molecule is CCCCCCCC(=O)OCN(C)c1cc(OCCCCN2CCN(c3cccc(Cl)c3Cl)CC2)ccc1C. The third-order valence-corrected chi connectivity index (χ3v) is 8.09. The van der Waals surface area contributed by atoms with Crippen LogP contribution in [-0.4, -0.2) is 64.0 Å². The van der Waals surface area contributed by atoms with Crippen LogP contribution in [0.4, 0.5) is 11.4 Å². The quantitative estimate of drug-likeness (QED) is 0.116. The topological polar surface area (TPSA) is 45.2 Å². The molecule has 3 rings (SSSR count). The van der Waals surface area contributed by atoms with Crippen molar-refractivity contribution in [2.45, 2.75) is 65.2 Å². The van der Waals surface area contributed by atoms with Crippen LogP contribution < -0.4 is 14.5 Å². The van der Waals surface area contributed by atoms with Crippen LogP contribution in [-0.2, 0) is 9.53 Å². The molecule has 0 radical (unpaired) electrons. The van der Waals surface area contributed by atoms with E-state index in [2.05, 4.69) is 29.7 Å². The second-order valence-electron chi connectivity index (χ2n) is 10.4. The van der Waals surface area contributed by atoms with E-state index in [9.17, 15) is 4.79 Å². The summed E-state index contributed by atoms with van der Waals surface area (Å²) in [5.41, 5.74) is 3.16. The summed E-state index contributed by atoms with van der Waals surface area (Å²) in [7, 11) is 1.95. The van der Waals surface area contributed by atoms with Gasteiger partial charge in [0.2, 0.25) is 0 Å². The molecule has 2 aromatic rings.